The number of hydrogen-bond acceptors (Lipinski definition) is 6. The van der Waals surface area contributed by atoms with Gasteiger partial charge in [0, 0.05) is 39.1 Å². The van der Waals surface area contributed by atoms with Gasteiger partial charge in [0.1, 0.15) is 11.4 Å². The highest BCUT2D eigenvalue weighted by Crippen LogP contribution is 2.33. The fraction of sp³-hybridized carbons (Fsp3) is 0.800. The first-order chi connectivity index (χ1) is 11.4. The summed E-state index contributed by atoms with van der Waals surface area (Å²) in [7, 11) is -1.20. The van der Waals surface area contributed by atoms with Crippen molar-refractivity contribution in [3.63, 3.8) is 0 Å². The zero-order valence-electron chi connectivity index (χ0n) is 14.3. The third kappa shape index (κ3) is 4.54. The molecule has 3 heterocycles. The first kappa shape index (κ1) is 17.8. The standard InChI is InChI=1S/C15H26N4O4S/c1-18-6-5-16-14(18)10-19-7-8-22-12-15(11-19)4-3-13(23-15)9-17-24(2,20)21/h5-6,13,17H,3-4,7-12H2,1-2H3/t13-,15-/m1/s1. The molecule has 136 valence electrons. The molecule has 0 amide bonds. The molecule has 24 heavy (non-hydrogen) atoms. The molecule has 1 spiro atoms. The Morgan fingerprint density at radius 2 is 2.33 bits per heavy atom. The predicted molar refractivity (Wildman–Crippen MR) is 89.0 cm³/mol. The van der Waals surface area contributed by atoms with E-state index in [0.717, 1.165) is 38.3 Å². The first-order valence-electron chi connectivity index (χ1n) is 8.24. The van der Waals surface area contributed by atoms with Crippen molar-refractivity contribution in [2.24, 2.45) is 7.05 Å². The van der Waals surface area contributed by atoms with Gasteiger partial charge in [0.25, 0.3) is 0 Å². The molecule has 1 N–H and O–H groups in total. The third-order valence-electron chi connectivity index (χ3n) is 4.63. The number of hydrogen-bond donors (Lipinski definition) is 1. The number of aromatic nitrogens is 2. The molecule has 9 heteroatoms. The zero-order chi connectivity index (χ0) is 17.2. The lowest BCUT2D eigenvalue weighted by atomic mass is 10.00. The lowest BCUT2D eigenvalue weighted by Gasteiger charge is -2.31. The summed E-state index contributed by atoms with van der Waals surface area (Å²) in [4.78, 5) is 6.70. The molecule has 0 unspecified atom stereocenters. The second-order valence-electron chi connectivity index (χ2n) is 6.80. The second-order valence-corrected chi connectivity index (χ2v) is 8.63. The molecule has 0 radical (unpaired) electrons. The zero-order valence-corrected chi connectivity index (χ0v) is 15.1. The first-order valence-corrected chi connectivity index (χ1v) is 10.1. The van der Waals surface area contributed by atoms with E-state index < -0.39 is 10.0 Å². The van der Waals surface area contributed by atoms with Gasteiger partial charge in [-0.15, -0.1) is 0 Å². The number of imidazole rings is 1. The Morgan fingerprint density at radius 1 is 1.50 bits per heavy atom. The summed E-state index contributed by atoms with van der Waals surface area (Å²) < 4.78 is 39.1. The van der Waals surface area contributed by atoms with Crippen molar-refractivity contribution in [3.8, 4) is 0 Å². The molecule has 0 bridgehead atoms. The number of aryl methyl sites for hydroxylation is 1. The van der Waals surface area contributed by atoms with Gasteiger partial charge in [-0.05, 0) is 12.8 Å². The number of rotatable bonds is 5. The number of nitrogens with zero attached hydrogens (tertiary/aromatic N) is 3. The van der Waals surface area contributed by atoms with Gasteiger partial charge in [-0.3, -0.25) is 4.90 Å². The predicted octanol–water partition coefficient (Wildman–Crippen LogP) is -0.281. The van der Waals surface area contributed by atoms with Crippen LogP contribution >= 0.6 is 0 Å². The second kappa shape index (κ2) is 7.09. The fourth-order valence-corrected chi connectivity index (χ4v) is 3.86. The highest BCUT2D eigenvalue weighted by atomic mass is 32.2. The lowest BCUT2D eigenvalue weighted by Crippen LogP contribution is -2.45. The molecule has 0 aromatic carbocycles. The van der Waals surface area contributed by atoms with Gasteiger partial charge in [0.05, 0.1) is 32.1 Å². The Hall–Kier alpha value is -1.00. The third-order valence-corrected chi connectivity index (χ3v) is 5.32. The molecular formula is C15H26N4O4S. The Kier molecular flexibility index (Phi) is 5.26. The van der Waals surface area contributed by atoms with Crippen molar-refractivity contribution in [1.29, 1.82) is 0 Å². The highest BCUT2D eigenvalue weighted by molar-refractivity contribution is 7.88. The van der Waals surface area contributed by atoms with Gasteiger partial charge in [-0.25, -0.2) is 18.1 Å². The molecule has 3 rings (SSSR count). The van der Waals surface area contributed by atoms with Gasteiger partial charge in [-0.1, -0.05) is 0 Å². The van der Waals surface area contributed by atoms with Crippen LogP contribution in [0.25, 0.3) is 0 Å². The maximum Gasteiger partial charge on any atom is 0.208 e. The minimum Gasteiger partial charge on any atom is -0.377 e. The van der Waals surface area contributed by atoms with Gasteiger partial charge in [0.15, 0.2) is 0 Å². The van der Waals surface area contributed by atoms with Crippen LogP contribution in [0.5, 0.6) is 0 Å². The molecule has 0 saturated carbocycles. The maximum atomic E-state index is 11.3. The summed E-state index contributed by atoms with van der Waals surface area (Å²) in [6.07, 6.45) is 6.52. The van der Waals surface area contributed by atoms with Crippen LogP contribution in [0.15, 0.2) is 12.4 Å². The quantitative estimate of drug-likeness (QED) is 0.779. The van der Waals surface area contributed by atoms with Crippen LogP contribution in [0.2, 0.25) is 0 Å². The van der Waals surface area contributed by atoms with Crippen molar-refractivity contribution in [2.45, 2.75) is 31.1 Å². The molecule has 2 saturated heterocycles. The number of sulfonamides is 1. The van der Waals surface area contributed by atoms with E-state index in [1.807, 2.05) is 17.8 Å². The van der Waals surface area contributed by atoms with Gasteiger partial charge in [0.2, 0.25) is 10.0 Å². The molecule has 2 aliphatic rings. The smallest absolute Gasteiger partial charge is 0.208 e. The summed E-state index contributed by atoms with van der Waals surface area (Å²) >= 11 is 0. The van der Waals surface area contributed by atoms with Crippen LogP contribution < -0.4 is 4.72 Å². The largest absolute Gasteiger partial charge is 0.377 e. The average Bonchev–Trinajstić information content (AvgIpc) is 3.02. The van der Waals surface area contributed by atoms with E-state index in [1.54, 1.807) is 6.20 Å². The topological polar surface area (TPSA) is 85.7 Å². The Balaban J connectivity index is 1.61. The Labute approximate surface area is 143 Å². The fourth-order valence-electron chi connectivity index (χ4n) is 3.37. The van der Waals surface area contributed by atoms with Crippen LogP contribution in [-0.4, -0.2) is 73.7 Å². The van der Waals surface area contributed by atoms with Crippen molar-refractivity contribution in [2.75, 3.05) is 39.1 Å². The molecule has 2 aliphatic heterocycles. The van der Waals surface area contributed by atoms with Crippen LogP contribution in [0.1, 0.15) is 18.7 Å². The SMILES string of the molecule is Cn1ccnc1CN1CCOC[C@@]2(CC[C@H](CNS(C)(=O)=O)O2)C1. The molecule has 2 atom stereocenters. The van der Waals surface area contributed by atoms with Crippen LogP contribution in [0.3, 0.4) is 0 Å². The van der Waals surface area contributed by atoms with Crippen LogP contribution in [-0.2, 0) is 33.1 Å². The molecular weight excluding hydrogens is 332 g/mol. The van der Waals surface area contributed by atoms with E-state index >= 15 is 0 Å². The minimum atomic E-state index is -3.19. The minimum absolute atomic E-state index is 0.101. The van der Waals surface area contributed by atoms with Crippen molar-refractivity contribution >= 4 is 10.0 Å². The van der Waals surface area contributed by atoms with Gasteiger partial charge in [-0.2, -0.15) is 0 Å². The summed E-state index contributed by atoms with van der Waals surface area (Å²) in [5.74, 6) is 1.01. The van der Waals surface area contributed by atoms with Crippen molar-refractivity contribution in [1.82, 2.24) is 19.2 Å². The van der Waals surface area contributed by atoms with E-state index in [1.165, 1.54) is 6.26 Å². The normalized spacial score (nSPS) is 29.2. The average molecular weight is 358 g/mol. The Morgan fingerprint density at radius 3 is 3.04 bits per heavy atom. The van der Waals surface area contributed by atoms with Gasteiger partial charge < -0.3 is 14.0 Å². The maximum absolute atomic E-state index is 11.3. The summed E-state index contributed by atoms with van der Waals surface area (Å²) in [5.41, 5.74) is -0.356. The molecule has 1 aromatic rings. The summed E-state index contributed by atoms with van der Waals surface area (Å²) in [6.45, 7) is 3.91. The van der Waals surface area contributed by atoms with E-state index in [9.17, 15) is 8.42 Å². The van der Waals surface area contributed by atoms with Crippen molar-refractivity contribution < 1.29 is 17.9 Å². The van der Waals surface area contributed by atoms with E-state index in [0.29, 0.717) is 19.8 Å². The lowest BCUT2D eigenvalue weighted by molar-refractivity contribution is -0.0845. The Bertz CT molecular complexity index is 662. The molecule has 1 aromatic heterocycles. The van der Waals surface area contributed by atoms with E-state index in [4.69, 9.17) is 9.47 Å². The molecule has 0 aliphatic carbocycles. The number of ether oxygens (including phenoxy) is 2. The van der Waals surface area contributed by atoms with E-state index in [2.05, 4.69) is 14.6 Å². The number of nitrogens with one attached hydrogen (secondary N) is 1. The summed E-state index contributed by atoms with van der Waals surface area (Å²) in [5, 5.41) is 0. The molecule has 8 nitrogen and oxygen atoms in total. The highest BCUT2D eigenvalue weighted by Gasteiger charge is 2.43. The van der Waals surface area contributed by atoms with Crippen LogP contribution in [0, 0.1) is 0 Å². The summed E-state index contributed by atoms with van der Waals surface area (Å²) in [6, 6.07) is 0. The molecule has 2 fully saturated rings. The monoisotopic (exact) mass is 358 g/mol. The van der Waals surface area contributed by atoms with Crippen molar-refractivity contribution in [3.05, 3.63) is 18.2 Å². The van der Waals surface area contributed by atoms with E-state index in [-0.39, 0.29) is 11.7 Å². The van der Waals surface area contributed by atoms with Crippen LogP contribution in [0.4, 0.5) is 0 Å². The van der Waals surface area contributed by atoms with Gasteiger partial charge >= 0.3 is 0 Å².